The van der Waals surface area contributed by atoms with E-state index in [0.717, 1.165) is 31.3 Å². The molecular weight excluding hydrogens is 262 g/mol. The molecule has 0 radical (unpaired) electrons. The van der Waals surface area contributed by atoms with Crippen molar-refractivity contribution in [1.29, 1.82) is 0 Å². The van der Waals surface area contributed by atoms with Gasteiger partial charge in [0, 0.05) is 25.6 Å². The first-order valence-electron chi connectivity index (χ1n) is 7.80. The Kier molecular flexibility index (Phi) is 5.48. The quantitative estimate of drug-likeness (QED) is 0.662. The van der Waals surface area contributed by atoms with Crippen molar-refractivity contribution in [2.75, 3.05) is 20.2 Å². The highest BCUT2D eigenvalue weighted by Crippen LogP contribution is 2.32. The fraction of sp³-hybridized carbons (Fsp3) is 0.588. The van der Waals surface area contributed by atoms with Crippen LogP contribution in [-0.2, 0) is 0 Å². The fourth-order valence-corrected chi connectivity index (χ4v) is 2.42. The molecule has 0 bridgehead atoms. The number of aliphatic imine (C=N–C) groups is 1. The minimum atomic E-state index is 0.401. The number of guanidine groups is 1. The molecule has 0 saturated carbocycles. The summed E-state index contributed by atoms with van der Waals surface area (Å²) < 4.78 is 5.71. The van der Waals surface area contributed by atoms with Crippen molar-refractivity contribution in [2.45, 2.75) is 39.2 Å². The average molecular weight is 289 g/mol. The molecule has 2 atom stereocenters. The second-order valence-corrected chi connectivity index (χ2v) is 6.00. The van der Waals surface area contributed by atoms with Gasteiger partial charge in [-0.1, -0.05) is 32.0 Å². The fourth-order valence-electron chi connectivity index (χ4n) is 2.42. The Morgan fingerprint density at radius 3 is 2.81 bits per heavy atom. The number of fused-ring (bicyclic) bond motifs is 1. The largest absolute Gasteiger partial charge is 0.493 e. The molecule has 1 aliphatic heterocycles. The Balaban J connectivity index is 1.94. The molecule has 2 rings (SSSR count). The monoisotopic (exact) mass is 289 g/mol. The van der Waals surface area contributed by atoms with Gasteiger partial charge in [0.2, 0.25) is 0 Å². The molecule has 4 nitrogen and oxygen atoms in total. The van der Waals surface area contributed by atoms with Gasteiger partial charge in [0.25, 0.3) is 0 Å². The molecule has 4 heteroatoms. The number of benzene rings is 1. The molecular formula is C17H27N3O. The van der Waals surface area contributed by atoms with Crippen LogP contribution < -0.4 is 15.4 Å². The van der Waals surface area contributed by atoms with E-state index in [1.807, 2.05) is 13.1 Å². The molecule has 2 N–H and O–H groups in total. The van der Waals surface area contributed by atoms with E-state index >= 15 is 0 Å². The van der Waals surface area contributed by atoms with Crippen LogP contribution in [0, 0.1) is 5.92 Å². The molecule has 0 aromatic heterocycles. The van der Waals surface area contributed by atoms with Gasteiger partial charge in [0.05, 0.1) is 6.61 Å². The van der Waals surface area contributed by atoms with Crippen molar-refractivity contribution >= 4 is 5.96 Å². The zero-order valence-electron chi connectivity index (χ0n) is 13.5. The molecule has 1 aromatic carbocycles. The average Bonchev–Trinajstić information content (AvgIpc) is 2.51. The maximum atomic E-state index is 5.71. The molecule has 0 spiro atoms. The second-order valence-electron chi connectivity index (χ2n) is 6.00. The summed E-state index contributed by atoms with van der Waals surface area (Å²) in [5, 5.41) is 6.89. The van der Waals surface area contributed by atoms with Gasteiger partial charge in [-0.3, -0.25) is 4.99 Å². The Morgan fingerprint density at radius 1 is 1.33 bits per heavy atom. The highest BCUT2D eigenvalue weighted by molar-refractivity contribution is 5.80. The van der Waals surface area contributed by atoms with E-state index in [4.69, 9.17) is 4.74 Å². The van der Waals surface area contributed by atoms with Crippen LogP contribution in [0.1, 0.15) is 38.7 Å². The lowest BCUT2D eigenvalue weighted by Gasteiger charge is -2.27. The van der Waals surface area contributed by atoms with Gasteiger partial charge in [0.1, 0.15) is 5.75 Å². The van der Waals surface area contributed by atoms with Gasteiger partial charge < -0.3 is 15.4 Å². The maximum Gasteiger partial charge on any atom is 0.191 e. The first-order chi connectivity index (χ1) is 10.1. The van der Waals surface area contributed by atoms with Gasteiger partial charge in [-0.25, -0.2) is 0 Å². The number of rotatable bonds is 4. The van der Waals surface area contributed by atoms with Crippen molar-refractivity contribution < 1.29 is 4.74 Å². The predicted molar refractivity (Wildman–Crippen MR) is 88.1 cm³/mol. The zero-order valence-corrected chi connectivity index (χ0v) is 13.5. The molecule has 21 heavy (non-hydrogen) atoms. The highest BCUT2D eigenvalue weighted by atomic mass is 16.5. The van der Waals surface area contributed by atoms with Crippen molar-refractivity contribution in [3.05, 3.63) is 29.8 Å². The summed E-state index contributed by atoms with van der Waals surface area (Å²) in [4.78, 5) is 4.31. The second kappa shape index (κ2) is 7.34. The molecule has 1 aromatic rings. The van der Waals surface area contributed by atoms with Gasteiger partial charge in [-0.2, -0.15) is 0 Å². The highest BCUT2D eigenvalue weighted by Gasteiger charge is 2.21. The summed E-state index contributed by atoms with van der Waals surface area (Å²) in [6, 6.07) is 8.72. The third-order valence-electron chi connectivity index (χ3n) is 4.19. The minimum Gasteiger partial charge on any atom is -0.493 e. The molecule has 0 fully saturated rings. The zero-order chi connectivity index (χ0) is 15.2. The third-order valence-corrected chi connectivity index (χ3v) is 4.19. The smallest absolute Gasteiger partial charge is 0.191 e. The van der Waals surface area contributed by atoms with Crippen molar-refractivity contribution in [2.24, 2.45) is 10.9 Å². The van der Waals surface area contributed by atoms with E-state index in [0.29, 0.717) is 17.9 Å². The van der Waals surface area contributed by atoms with Crippen LogP contribution in [0.15, 0.2) is 29.3 Å². The number of hydrogen-bond acceptors (Lipinski definition) is 2. The van der Waals surface area contributed by atoms with E-state index in [-0.39, 0.29) is 0 Å². The van der Waals surface area contributed by atoms with Gasteiger partial charge in [-0.15, -0.1) is 0 Å². The van der Waals surface area contributed by atoms with Crippen LogP contribution in [0.3, 0.4) is 0 Å². The number of hydrogen-bond donors (Lipinski definition) is 2. The Morgan fingerprint density at radius 2 is 2.10 bits per heavy atom. The SMILES string of the molecule is CN=C(NCC1CCOc2ccccc21)NC(C)C(C)C. The van der Waals surface area contributed by atoms with Gasteiger partial charge >= 0.3 is 0 Å². The van der Waals surface area contributed by atoms with E-state index in [1.54, 1.807) is 0 Å². The standard InChI is InChI=1S/C17H27N3O/c1-12(2)13(3)20-17(18-4)19-11-14-9-10-21-16-8-6-5-7-15(14)16/h5-8,12-14H,9-11H2,1-4H3,(H2,18,19,20). The third kappa shape index (κ3) is 4.13. The molecule has 116 valence electrons. The lowest BCUT2D eigenvalue weighted by Crippen LogP contribution is -2.45. The van der Waals surface area contributed by atoms with E-state index < -0.39 is 0 Å². The minimum absolute atomic E-state index is 0.401. The van der Waals surface area contributed by atoms with Crippen LogP contribution >= 0.6 is 0 Å². The van der Waals surface area contributed by atoms with Crippen LogP contribution in [0.5, 0.6) is 5.75 Å². The van der Waals surface area contributed by atoms with Crippen LogP contribution in [-0.4, -0.2) is 32.2 Å². The summed E-state index contributed by atoms with van der Waals surface area (Å²) >= 11 is 0. The van der Waals surface area contributed by atoms with Crippen LogP contribution in [0.4, 0.5) is 0 Å². The lowest BCUT2D eigenvalue weighted by atomic mass is 9.93. The summed E-state index contributed by atoms with van der Waals surface area (Å²) in [5.74, 6) is 2.95. The first-order valence-corrected chi connectivity index (χ1v) is 7.80. The van der Waals surface area contributed by atoms with Crippen molar-refractivity contribution in [1.82, 2.24) is 10.6 Å². The number of ether oxygens (including phenoxy) is 1. The van der Waals surface area contributed by atoms with Crippen LogP contribution in [0.2, 0.25) is 0 Å². The van der Waals surface area contributed by atoms with Crippen molar-refractivity contribution in [3.8, 4) is 5.75 Å². The molecule has 0 aliphatic carbocycles. The van der Waals surface area contributed by atoms with E-state index in [2.05, 4.69) is 54.6 Å². The van der Waals surface area contributed by atoms with Gasteiger partial charge in [0.15, 0.2) is 5.96 Å². The number of para-hydroxylation sites is 1. The van der Waals surface area contributed by atoms with Gasteiger partial charge in [-0.05, 0) is 30.9 Å². The Hall–Kier alpha value is -1.71. The molecule has 2 unspecified atom stereocenters. The molecule has 0 amide bonds. The molecule has 1 aliphatic rings. The topological polar surface area (TPSA) is 45.7 Å². The van der Waals surface area contributed by atoms with Crippen LogP contribution in [0.25, 0.3) is 0 Å². The number of nitrogens with one attached hydrogen (secondary N) is 2. The van der Waals surface area contributed by atoms with E-state index in [1.165, 1.54) is 5.56 Å². The molecule has 0 saturated heterocycles. The Labute approximate surface area is 128 Å². The summed E-state index contributed by atoms with van der Waals surface area (Å²) in [5.41, 5.74) is 1.30. The predicted octanol–water partition coefficient (Wildman–Crippen LogP) is 2.76. The number of nitrogens with zero attached hydrogens (tertiary/aromatic N) is 1. The summed E-state index contributed by atoms with van der Waals surface area (Å²) in [6.07, 6.45) is 1.04. The maximum absolute atomic E-state index is 5.71. The first kappa shape index (κ1) is 15.7. The molecule has 1 heterocycles. The normalized spacial score (nSPS) is 19.7. The lowest BCUT2D eigenvalue weighted by molar-refractivity contribution is 0.267. The van der Waals surface area contributed by atoms with Crippen molar-refractivity contribution in [3.63, 3.8) is 0 Å². The van der Waals surface area contributed by atoms with E-state index in [9.17, 15) is 0 Å². The Bertz CT molecular complexity index is 485. The summed E-state index contributed by atoms with van der Waals surface area (Å²) in [6.45, 7) is 8.27. The summed E-state index contributed by atoms with van der Waals surface area (Å²) in [7, 11) is 1.82.